The fourth-order valence-electron chi connectivity index (χ4n) is 1.28. The summed E-state index contributed by atoms with van der Waals surface area (Å²) in [6, 6.07) is 0. The fraction of sp³-hybridized carbons (Fsp3) is 0.545. The van der Waals surface area contributed by atoms with Crippen LogP contribution >= 0.6 is 11.6 Å². The van der Waals surface area contributed by atoms with E-state index in [0.29, 0.717) is 5.92 Å². The predicted octanol–water partition coefficient (Wildman–Crippen LogP) is 3.69. The molecular formula is C11H17ClO. The van der Waals surface area contributed by atoms with Crippen LogP contribution in [0.1, 0.15) is 33.6 Å². The van der Waals surface area contributed by atoms with Crippen LogP contribution < -0.4 is 0 Å². The summed E-state index contributed by atoms with van der Waals surface area (Å²) in [5, 5.41) is -0.340. The minimum absolute atomic E-state index is 0.256. The highest BCUT2D eigenvalue weighted by Gasteiger charge is 2.09. The van der Waals surface area contributed by atoms with Gasteiger partial charge in [0, 0.05) is 6.42 Å². The Kier molecular flexibility index (Phi) is 5.72. The van der Waals surface area contributed by atoms with E-state index in [2.05, 4.69) is 33.4 Å². The molecule has 0 unspecified atom stereocenters. The van der Waals surface area contributed by atoms with Gasteiger partial charge in [0.25, 0.3) is 0 Å². The van der Waals surface area contributed by atoms with Crippen LogP contribution in [-0.4, -0.2) is 5.24 Å². The van der Waals surface area contributed by atoms with Crippen molar-refractivity contribution in [3.05, 3.63) is 23.8 Å². The van der Waals surface area contributed by atoms with Crippen LogP contribution in [0.25, 0.3) is 0 Å². The van der Waals surface area contributed by atoms with Gasteiger partial charge in [-0.2, -0.15) is 0 Å². The van der Waals surface area contributed by atoms with Crippen molar-refractivity contribution < 1.29 is 4.79 Å². The summed E-state index contributed by atoms with van der Waals surface area (Å²) < 4.78 is 0. The summed E-state index contributed by atoms with van der Waals surface area (Å²) in [7, 11) is 0. The molecule has 0 aromatic carbocycles. The Morgan fingerprint density at radius 2 is 2.08 bits per heavy atom. The molecule has 0 atom stereocenters. The van der Waals surface area contributed by atoms with Gasteiger partial charge >= 0.3 is 0 Å². The maximum absolute atomic E-state index is 10.7. The number of allylic oxidation sites excluding steroid dienone is 3. The predicted molar refractivity (Wildman–Crippen MR) is 57.8 cm³/mol. The molecule has 0 aromatic heterocycles. The van der Waals surface area contributed by atoms with Crippen molar-refractivity contribution in [3.63, 3.8) is 0 Å². The number of carbonyl (C=O) groups is 1. The third kappa shape index (κ3) is 4.89. The lowest BCUT2D eigenvalue weighted by Crippen LogP contribution is -2.00. The molecule has 0 rings (SSSR count). The maximum Gasteiger partial charge on any atom is 0.226 e. The summed E-state index contributed by atoms with van der Waals surface area (Å²) in [4.78, 5) is 10.7. The SMILES string of the molecule is C=C(CC(=O)Cl)/C(=C\CC)C(C)C. The van der Waals surface area contributed by atoms with Crippen molar-refractivity contribution in [3.8, 4) is 0 Å². The number of rotatable bonds is 5. The highest BCUT2D eigenvalue weighted by atomic mass is 35.5. The van der Waals surface area contributed by atoms with E-state index in [1.165, 1.54) is 0 Å². The molecule has 0 heterocycles. The summed E-state index contributed by atoms with van der Waals surface area (Å²) in [5.74, 6) is 0.406. The van der Waals surface area contributed by atoms with Crippen molar-refractivity contribution in [2.75, 3.05) is 0 Å². The normalized spacial score (nSPS) is 11.9. The first-order valence-corrected chi connectivity index (χ1v) is 4.93. The maximum atomic E-state index is 10.7. The Morgan fingerprint density at radius 1 is 1.54 bits per heavy atom. The summed E-state index contributed by atoms with van der Waals surface area (Å²) >= 11 is 5.29. The van der Waals surface area contributed by atoms with Crippen molar-refractivity contribution in [2.24, 2.45) is 5.92 Å². The van der Waals surface area contributed by atoms with Crippen LogP contribution in [-0.2, 0) is 4.79 Å². The van der Waals surface area contributed by atoms with E-state index in [-0.39, 0.29) is 11.7 Å². The second kappa shape index (κ2) is 5.98. The zero-order valence-corrected chi connectivity index (χ0v) is 9.32. The molecule has 1 nitrogen and oxygen atoms in total. The Hall–Kier alpha value is -0.560. The van der Waals surface area contributed by atoms with E-state index < -0.39 is 0 Å². The van der Waals surface area contributed by atoms with Gasteiger partial charge < -0.3 is 0 Å². The average molecular weight is 201 g/mol. The molecule has 0 aliphatic carbocycles. The lowest BCUT2D eigenvalue weighted by atomic mass is 9.94. The zero-order valence-electron chi connectivity index (χ0n) is 8.56. The molecule has 0 aliphatic rings. The van der Waals surface area contributed by atoms with Crippen LogP contribution in [0.15, 0.2) is 23.8 Å². The number of hydrogen-bond acceptors (Lipinski definition) is 1. The second-order valence-corrected chi connectivity index (χ2v) is 3.78. The van der Waals surface area contributed by atoms with Gasteiger partial charge in [-0.05, 0) is 35.1 Å². The molecule has 0 aliphatic heterocycles. The lowest BCUT2D eigenvalue weighted by Gasteiger charge is -2.12. The number of hydrogen-bond donors (Lipinski definition) is 0. The van der Waals surface area contributed by atoms with Crippen LogP contribution in [0.2, 0.25) is 0 Å². The van der Waals surface area contributed by atoms with Gasteiger partial charge in [-0.3, -0.25) is 4.79 Å². The van der Waals surface area contributed by atoms with Gasteiger partial charge in [-0.25, -0.2) is 0 Å². The average Bonchev–Trinajstić information content (AvgIpc) is 1.97. The molecule has 0 bridgehead atoms. The second-order valence-electron chi connectivity index (χ2n) is 3.36. The van der Waals surface area contributed by atoms with Crippen LogP contribution in [0, 0.1) is 5.92 Å². The molecule has 13 heavy (non-hydrogen) atoms. The molecule has 0 saturated heterocycles. The molecule has 0 spiro atoms. The topological polar surface area (TPSA) is 17.1 Å². The quantitative estimate of drug-likeness (QED) is 0.489. The minimum Gasteiger partial charge on any atom is -0.281 e. The van der Waals surface area contributed by atoms with Crippen molar-refractivity contribution in [1.82, 2.24) is 0 Å². The van der Waals surface area contributed by atoms with Crippen molar-refractivity contribution >= 4 is 16.8 Å². The number of halogens is 1. The molecule has 0 amide bonds. The molecule has 0 N–H and O–H groups in total. The van der Waals surface area contributed by atoms with Gasteiger partial charge in [0.1, 0.15) is 0 Å². The molecule has 0 saturated carbocycles. The van der Waals surface area contributed by atoms with Crippen LogP contribution in [0.4, 0.5) is 0 Å². The summed E-state index contributed by atoms with van der Waals surface area (Å²) in [5.41, 5.74) is 1.99. The van der Waals surface area contributed by atoms with E-state index in [1.54, 1.807) is 0 Å². The molecule has 2 heteroatoms. The summed E-state index contributed by atoms with van der Waals surface area (Å²) in [6.07, 6.45) is 3.32. The smallest absolute Gasteiger partial charge is 0.226 e. The fourth-order valence-corrected chi connectivity index (χ4v) is 1.44. The van der Waals surface area contributed by atoms with E-state index in [1.807, 2.05) is 0 Å². The third-order valence-electron chi connectivity index (χ3n) is 1.81. The van der Waals surface area contributed by atoms with E-state index in [9.17, 15) is 4.79 Å². The summed E-state index contributed by atoms with van der Waals surface area (Å²) in [6.45, 7) is 10.1. The molecule has 74 valence electrons. The first-order chi connectivity index (χ1) is 5.99. The van der Waals surface area contributed by atoms with Gasteiger partial charge in [0.05, 0.1) is 0 Å². The Labute approximate surface area is 85.5 Å². The van der Waals surface area contributed by atoms with Gasteiger partial charge in [0.15, 0.2) is 0 Å². The van der Waals surface area contributed by atoms with E-state index in [0.717, 1.165) is 17.6 Å². The first kappa shape index (κ1) is 12.4. The Bertz CT molecular complexity index is 226. The standard InChI is InChI=1S/C11H17ClO/c1-5-6-10(8(2)3)9(4)7-11(12)13/h6,8H,4-5,7H2,1-3H3/b10-6-. The van der Waals surface area contributed by atoms with E-state index >= 15 is 0 Å². The van der Waals surface area contributed by atoms with Crippen LogP contribution in [0.3, 0.4) is 0 Å². The van der Waals surface area contributed by atoms with Gasteiger partial charge in [-0.1, -0.05) is 33.4 Å². The van der Waals surface area contributed by atoms with Crippen LogP contribution in [0.5, 0.6) is 0 Å². The monoisotopic (exact) mass is 200 g/mol. The lowest BCUT2D eigenvalue weighted by molar-refractivity contribution is -0.111. The van der Waals surface area contributed by atoms with Gasteiger partial charge in [0.2, 0.25) is 5.24 Å². The molecule has 0 radical (unpaired) electrons. The molecule has 0 fully saturated rings. The third-order valence-corrected chi connectivity index (χ3v) is 1.94. The highest BCUT2D eigenvalue weighted by Crippen LogP contribution is 2.21. The Morgan fingerprint density at radius 3 is 2.38 bits per heavy atom. The van der Waals surface area contributed by atoms with Crippen molar-refractivity contribution in [1.29, 1.82) is 0 Å². The number of carbonyl (C=O) groups excluding carboxylic acids is 1. The van der Waals surface area contributed by atoms with Crippen molar-refractivity contribution in [2.45, 2.75) is 33.6 Å². The zero-order chi connectivity index (χ0) is 10.4. The van der Waals surface area contributed by atoms with E-state index in [4.69, 9.17) is 11.6 Å². The minimum atomic E-state index is -0.340. The molecule has 0 aromatic rings. The first-order valence-electron chi connectivity index (χ1n) is 4.55. The Balaban J connectivity index is 4.48. The largest absolute Gasteiger partial charge is 0.281 e. The van der Waals surface area contributed by atoms with Gasteiger partial charge in [-0.15, -0.1) is 0 Å². The molecular weight excluding hydrogens is 184 g/mol. The highest BCUT2D eigenvalue weighted by molar-refractivity contribution is 6.63.